The molecule has 0 fully saturated rings. The minimum atomic E-state index is 0.713. The first-order valence-electron chi connectivity index (χ1n) is 6.52. The molecule has 2 heteroatoms. The molecule has 0 bridgehead atoms. The highest BCUT2D eigenvalue weighted by molar-refractivity contribution is 4.52. The fraction of sp³-hybridized carbons (Fsp3) is 1.00. The summed E-state index contributed by atoms with van der Waals surface area (Å²) in [5.74, 6) is 1.56. The van der Waals surface area contributed by atoms with E-state index in [4.69, 9.17) is 5.73 Å². The summed E-state index contributed by atoms with van der Waals surface area (Å²) in [7, 11) is 0. The van der Waals surface area contributed by atoms with Crippen LogP contribution < -0.4 is 11.1 Å². The molecule has 2 nitrogen and oxygen atoms in total. The van der Waals surface area contributed by atoms with Crippen molar-refractivity contribution < 1.29 is 0 Å². The van der Waals surface area contributed by atoms with Crippen LogP contribution in [-0.2, 0) is 0 Å². The van der Waals surface area contributed by atoms with Crippen LogP contribution in [0, 0.1) is 11.8 Å². The van der Waals surface area contributed by atoms with E-state index in [0.717, 1.165) is 12.5 Å². The van der Waals surface area contributed by atoms with E-state index in [-0.39, 0.29) is 0 Å². The van der Waals surface area contributed by atoms with E-state index in [9.17, 15) is 0 Å². The lowest BCUT2D eigenvalue weighted by Crippen LogP contribution is -2.21. The fourth-order valence-electron chi connectivity index (χ4n) is 0.836. The third-order valence-corrected chi connectivity index (χ3v) is 2.72. The molecule has 94 valence electrons. The SMILES string of the molecule is CCC(C)CN.CCCNCC(C)CC. The largest absolute Gasteiger partial charge is 0.330 e. The highest BCUT2D eigenvalue weighted by atomic mass is 14.8. The van der Waals surface area contributed by atoms with Crippen molar-refractivity contribution in [3.63, 3.8) is 0 Å². The molecule has 0 aliphatic rings. The third kappa shape index (κ3) is 16.6. The molecule has 0 spiro atoms. The Morgan fingerprint density at radius 1 is 1.00 bits per heavy atom. The number of nitrogens with two attached hydrogens (primary N) is 1. The zero-order valence-corrected chi connectivity index (χ0v) is 11.5. The Labute approximate surface area is 97.0 Å². The van der Waals surface area contributed by atoms with Crippen molar-refractivity contribution in [1.29, 1.82) is 0 Å². The average Bonchev–Trinajstić information content (AvgIpc) is 2.28. The van der Waals surface area contributed by atoms with Crippen LogP contribution >= 0.6 is 0 Å². The molecule has 15 heavy (non-hydrogen) atoms. The van der Waals surface area contributed by atoms with Gasteiger partial charge < -0.3 is 11.1 Å². The summed E-state index contributed by atoms with van der Waals surface area (Å²) in [5, 5.41) is 3.39. The zero-order valence-electron chi connectivity index (χ0n) is 11.5. The highest BCUT2D eigenvalue weighted by Gasteiger charge is 1.94. The fourth-order valence-corrected chi connectivity index (χ4v) is 0.836. The molecule has 2 unspecified atom stereocenters. The van der Waals surface area contributed by atoms with Crippen molar-refractivity contribution in [1.82, 2.24) is 5.32 Å². The average molecular weight is 216 g/mol. The van der Waals surface area contributed by atoms with Gasteiger partial charge in [-0.2, -0.15) is 0 Å². The maximum Gasteiger partial charge on any atom is -0.00233 e. The quantitative estimate of drug-likeness (QED) is 0.642. The normalized spacial score (nSPS) is 14.0. The van der Waals surface area contributed by atoms with Crippen LogP contribution in [0.15, 0.2) is 0 Å². The molecule has 0 aromatic heterocycles. The van der Waals surface area contributed by atoms with Gasteiger partial charge in [0.1, 0.15) is 0 Å². The molecule has 0 aromatic carbocycles. The molecule has 3 N–H and O–H groups in total. The Balaban J connectivity index is 0. The predicted octanol–water partition coefficient (Wildman–Crippen LogP) is 3.02. The zero-order chi connectivity index (χ0) is 12.1. The van der Waals surface area contributed by atoms with Gasteiger partial charge in [0.15, 0.2) is 0 Å². The van der Waals surface area contributed by atoms with Crippen molar-refractivity contribution in [2.75, 3.05) is 19.6 Å². The van der Waals surface area contributed by atoms with Crippen molar-refractivity contribution in [3.8, 4) is 0 Å². The molecular formula is C13H32N2. The number of hydrogen-bond acceptors (Lipinski definition) is 2. The van der Waals surface area contributed by atoms with E-state index in [0.29, 0.717) is 5.92 Å². The second kappa shape index (κ2) is 13.9. The minimum absolute atomic E-state index is 0.713. The van der Waals surface area contributed by atoms with Crippen molar-refractivity contribution in [2.24, 2.45) is 17.6 Å². The summed E-state index contributed by atoms with van der Waals surface area (Å²) in [6, 6.07) is 0. The molecule has 0 saturated heterocycles. The van der Waals surface area contributed by atoms with Gasteiger partial charge in [0.05, 0.1) is 0 Å². The smallest absolute Gasteiger partial charge is 0.00233 e. The van der Waals surface area contributed by atoms with Gasteiger partial charge in [-0.05, 0) is 37.9 Å². The van der Waals surface area contributed by atoms with E-state index in [1.807, 2.05) is 0 Å². The molecule has 0 aliphatic heterocycles. The Morgan fingerprint density at radius 3 is 1.80 bits per heavy atom. The molecule has 0 rings (SSSR count). The maximum absolute atomic E-state index is 5.28. The topological polar surface area (TPSA) is 38.0 Å². The van der Waals surface area contributed by atoms with Crippen LogP contribution in [0.5, 0.6) is 0 Å². The van der Waals surface area contributed by atoms with Gasteiger partial charge in [-0.15, -0.1) is 0 Å². The van der Waals surface area contributed by atoms with Gasteiger partial charge >= 0.3 is 0 Å². The highest BCUT2D eigenvalue weighted by Crippen LogP contribution is 1.96. The van der Waals surface area contributed by atoms with Crippen LogP contribution in [0.2, 0.25) is 0 Å². The molecule has 0 radical (unpaired) electrons. The summed E-state index contributed by atoms with van der Waals surface area (Å²) < 4.78 is 0. The van der Waals surface area contributed by atoms with E-state index in [2.05, 4.69) is 39.9 Å². The molecule has 0 saturated carbocycles. The van der Waals surface area contributed by atoms with E-state index in [1.165, 1.54) is 32.4 Å². The van der Waals surface area contributed by atoms with Crippen molar-refractivity contribution in [3.05, 3.63) is 0 Å². The van der Waals surface area contributed by atoms with E-state index >= 15 is 0 Å². The van der Waals surface area contributed by atoms with Crippen LogP contribution in [0.4, 0.5) is 0 Å². The Kier molecular flexibility index (Phi) is 16.1. The standard InChI is InChI=1S/C8H19N.C5H13N/c1-4-6-9-7-8(3)5-2;1-3-5(2)4-6/h8-9H,4-7H2,1-3H3;5H,3-4,6H2,1-2H3. The maximum atomic E-state index is 5.28. The molecule has 0 aromatic rings. The van der Waals surface area contributed by atoms with Gasteiger partial charge in [0, 0.05) is 0 Å². The minimum Gasteiger partial charge on any atom is -0.330 e. The Bertz CT molecular complexity index is 101. The van der Waals surface area contributed by atoms with Crippen LogP contribution in [0.1, 0.15) is 53.9 Å². The van der Waals surface area contributed by atoms with Gasteiger partial charge in [0.25, 0.3) is 0 Å². The molecule has 0 aliphatic carbocycles. The molecule has 0 heterocycles. The summed E-state index contributed by atoms with van der Waals surface area (Å²) in [5.41, 5.74) is 5.28. The predicted molar refractivity (Wildman–Crippen MR) is 71.1 cm³/mol. The Morgan fingerprint density at radius 2 is 1.53 bits per heavy atom. The summed E-state index contributed by atoms with van der Waals surface area (Å²) >= 11 is 0. The van der Waals surface area contributed by atoms with E-state index in [1.54, 1.807) is 0 Å². The van der Waals surface area contributed by atoms with Gasteiger partial charge in [-0.25, -0.2) is 0 Å². The van der Waals surface area contributed by atoms with Gasteiger partial charge in [-0.1, -0.05) is 47.5 Å². The number of hydrogen-bond donors (Lipinski definition) is 2. The van der Waals surface area contributed by atoms with Crippen LogP contribution in [0.3, 0.4) is 0 Å². The van der Waals surface area contributed by atoms with Crippen molar-refractivity contribution in [2.45, 2.75) is 53.9 Å². The Hall–Kier alpha value is -0.0800. The number of rotatable bonds is 7. The van der Waals surface area contributed by atoms with Crippen LogP contribution in [-0.4, -0.2) is 19.6 Å². The first-order valence-corrected chi connectivity index (χ1v) is 6.52. The first-order chi connectivity index (χ1) is 7.12. The van der Waals surface area contributed by atoms with Crippen molar-refractivity contribution >= 4 is 0 Å². The third-order valence-electron chi connectivity index (χ3n) is 2.72. The lowest BCUT2D eigenvalue weighted by Gasteiger charge is -2.07. The molecular weight excluding hydrogens is 184 g/mol. The second-order valence-electron chi connectivity index (χ2n) is 4.47. The first kappa shape index (κ1) is 17.3. The lowest BCUT2D eigenvalue weighted by atomic mass is 10.1. The van der Waals surface area contributed by atoms with Gasteiger partial charge in [-0.3, -0.25) is 0 Å². The summed E-state index contributed by atoms with van der Waals surface area (Å²) in [4.78, 5) is 0. The summed E-state index contributed by atoms with van der Waals surface area (Å²) in [6.45, 7) is 14.2. The molecule has 2 atom stereocenters. The van der Waals surface area contributed by atoms with Crippen LogP contribution in [0.25, 0.3) is 0 Å². The second-order valence-corrected chi connectivity index (χ2v) is 4.47. The summed E-state index contributed by atoms with van der Waals surface area (Å²) in [6.07, 6.45) is 3.74. The monoisotopic (exact) mass is 216 g/mol. The molecule has 0 amide bonds. The lowest BCUT2D eigenvalue weighted by molar-refractivity contribution is 0.500. The van der Waals surface area contributed by atoms with Gasteiger partial charge in [0.2, 0.25) is 0 Å². The van der Waals surface area contributed by atoms with E-state index < -0.39 is 0 Å². The number of nitrogens with one attached hydrogen (secondary N) is 1.